The first-order valence-corrected chi connectivity index (χ1v) is 6.69. The minimum atomic E-state index is -0.875. The molecule has 0 aromatic heterocycles. The Labute approximate surface area is 114 Å². The molecule has 1 rings (SSSR count). The van der Waals surface area contributed by atoms with Gasteiger partial charge in [-0.25, -0.2) is 0 Å². The third-order valence-electron chi connectivity index (χ3n) is 3.32. The van der Waals surface area contributed by atoms with Gasteiger partial charge in [-0.15, -0.1) is 0 Å². The van der Waals surface area contributed by atoms with E-state index in [1.165, 1.54) is 11.1 Å². The van der Waals surface area contributed by atoms with Crippen molar-refractivity contribution in [3.63, 3.8) is 0 Å². The molecule has 1 fully saturated rings. The molecule has 106 valence electrons. The Morgan fingerprint density at radius 1 is 1.37 bits per heavy atom. The van der Waals surface area contributed by atoms with Crippen molar-refractivity contribution < 1.29 is 14.7 Å². The highest BCUT2D eigenvalue weighted by atomic mass is 16.4. The Hall–Kier alpha value is -1.58. The van der Waals surface area contributed by atoms with Crippen molar-refractivity contribution >= 4 is 11.9 Å². The van der Waals surface area contributed by atoms with E-state index in [9.17, 15) is 9.59 Å². The molecule has 1 aliphatic rings. The summed E-state index contributed by atoms with van der Waals surface area (Å²) in [7, 11) is 0. The molecule has 1 saturated heterocycles. The summed E-state index contributed by atoms with van der Waals surface area (Å²) in [5, 5.41) is 8.89. The maximum Gasteiger partial charge on any atom is 0.308 e. The summed E-state index contributed by atoms with van der Waals surface area (Å²) in [6, 6.07) is 0. The number of carboxylic acids is 1. The third-order valence-corrected chi connectivity index (χ3v) is 3.32. The van der Waals surface area contributed by atoms with Gasteiger partial charge < -0.3 is 10.0 Å². The van der Waals surface area contributed by atoms with Gasteiger partial charge in [-0.1, -0.05) is 23.3 Å². The summed E-state index contributed by atoms with van der Waals surface area (Å²) in [5.74, 6) is -1.47. The monoisotopic (exact) mass is 265 g/mol. The van der Waals surface area contributed by atoms with Crippen LogP contribution >= 0.6 is 0 Å². The lowest BCUT2D eigenvalue weighted by Crippen LogP contribution is -2.26. The van der Waals surface area contributed by atoms with Gasteiger partial charge in [0.1, 0.15) is 0 Å². The van der Waals surface area contributed by atoms with Gasteiger partial charge in [-0.05, 0) is 33.6 Å². The highest BCUT2D eigenvalue weighted by molar-refractivity contribution is 5.86. The molecule has 0 aromatic carbocycles. The molecule has 4 heteroatoms. The van der Waals surface area contributed by atoms with Crippen LogP contribution in [-0.2, 0) is 9.59 Å². The van der Waals surface area contributed by atoms with Crippen LogP contribution in [0.15, 0.2) is 23.3 Å². The Morgan fingerprint density at radius 2 is 2.05 bits per heavy atom. The average Bonchev–Trinajstić information content (AvgIpc) is 2.68. The van der Waals surface area contributed by atoms with E-state index in [0.717, 1.165) is 12.8 Å². The van der Waals surface area contributed by atoms with Crippen molar-refractivity contribution in [2.24, 2.45) is 5.92 Å². The zero-order chi connectivity index (χ0) is 14.4. The number of aliphatic carboxylic acids is 1. The molecule has 1 heterocycles. The molecule has 4 nitrogen and oxygen atoms in total. The number of nitrogens with zero attached hydrogens (tertiary/aromatic N) is 1. The summed E-state index contributed by atoms with van der Waals surface area (Å²) < 4.78 is 0. The number of hydrogen-bond acceptors (Lipinski definition) is 2. The lowest BCUT2D eigenvalue weighted by Gasteiger charge is -2.13. The lowest BCUT2D eigenvalue weighted by atomic mass is 10.1. The van der Waals surface area contributed by atoms with Gasteiger partial charge in [0, 0.05) is 19.5 Å². The van der Waals surface area contributed by atoms with Gasteiger partial charge in [0.2, 0.25) is 5.91 Å². The fraction of sp³-hybridized carbons (Fsp3) is 0.600. The summed E-state index contributed by atoms with van der Waals surface area (Å²) in [5.41, 5.74) is 2.55. The largest absolute Gasteiger partial charge is 0.481 e. The van der Waals surface area contributed by atoms with Crippen molar-refractivity contribution in [2.45, 2.75) is 40.0 Å². The van der Waals surface area contributed by atoms with E-state index in [4.69, 9.17) is 5.11 Å². The third kappa shape index (κ3) is 5.28. The van der Waals surface area contributed by atoms with Gasteiger partial charge in [-0.2, -0.15) is 0 Å². The topological polar surface area (TPSA) is 57.6 Å². The second-order valence-electron chi connectivity index (χ2n) is 5.41. The summed E-state index contributed by atoms with van der Waals surface area (Å²) in [4.78, 5) is 24.1. The molecule has 1 unspecified atom stereocenters. The standard InChI is InChI=1S/C15H23NO3/c1-11(2)5-4-6-12(3)7-8-16-10-13(15(18)19)9-14(16)17/h5,7,13H,4,6,8-10H2,1-3H3,(H,18,19)/b12-7+. The number of allylic oxidation sites excluding steroid dienone is 3. The molecule has 1 aliphatic heterocycles. The summed E-state index contributed by atoms with van der Waals surface area (Å²) in [6.45, 7) is 7.07. The van der Waals surface area contributed by atoms with Crippen LogP contribution in [-0.4, -0.2) is 35.0 Å². The molecular formula is C15H23NO3. The van der Waals surface area contributed by atoms with E-state index in [2.05, 4.69) is 19.9 Å². The minimum Gasteiger partial charge on any atom is -0.481 e. The molecular weight excluding hydrogens is 242 g/mol. The first-order chi connectivity index (χ1) is 8.90. The van der Waals surface area contributed by atoms with E-state index in [1.807, 2.05) is 13.0 Å². The van der Waals surface area contributed by atoms with Gasteiger partial charge in [0.05, 0.1) is 5.92 Å². The van der Waals surface area contributed by atoms with E-state index < -0.39 is 11.9 Å². The van der Waals surface area contributed by atoms with Gasteiger partial charge in [0.15, 0.2) is 0 Å². The maximum absolute atomic E-state index is 11.6. The number of rotatable bonds is 6. The van der Waals surface area contributed by atoms with Crippen LogP contribution in [0.25, 0.3) is 0 Å². The highest BCUT2D eigenvalue weighted by Gasteiger charge is 2.33. The van der Waals surface area contributed by atoms with Crippen LogP contribution in [0.5, 0.6) is 0 Å². The van der Waals surface area contributed by atoms with E-state index in [-0.39, 0.29) is 12.3 Å². The lowest BCUT2D eigenvalue weighted by molar-refractivity contribution is -0.141. The van der Waals surface area contributed by atoms with Crippen LogP contribution in [0.4, 0.5) is 0 Å². The first-order valence-electron chi connectivity index (χ1n) is 6.69. The molecule has 0 aliphatic carbocycles. The number of carbonyl (C=O) groups excluding carboxylic acids is 1. The quantitative estimate of drug-likeness (QED) is 0.751. The van der Waals surface area contributed by atoms with Crippen LogP contribution in [0, 0.1) is 5.92 Å². The molecule has 1 amide bonds. The SMILES string of the molecule is CC(C)=CCC/C(C)=C/CN1CC(C(=O)O)CC1=O. The maximum atomic E-state index is 11.6. The Kier molecular flexibility index (Phi) is 5.80. The number of carbonyl (C=O) groups is 2. The van der Waals surface area contributed by atoms with Crippen molar-refractivity contribution in [2.75, 3.05) is 13.1 Å². The molecule has 1 N–H and O–H groups in total. The molecule has 1 atom stereocenters. The Morgan fingerprint density at radius 3 is 2.58 bits per heavy atom. The zero-order valence-corrected chi connectivity index (χ0v) is 12.0. The van der Waals surface area contributed by atoms with Crippen LogP contribution in [0.2, 0.25) is 0 Å². The molecule has 0 saturated carbocycles. The van der Waals surface area contributed by atoms with E-state index >= 15 is 0 Å². The van der Waals surface area contributed by atoms with E-state index in [1.54, 1.807) is 4.90 Å². The van der Waals surface area contributed by atoms with Crippen LogP contribution < -0.4 is 0 Å². The number of likely N-dealkylation sites (tertiary alicyclic amines) is 1. The highest BCUT2D eigenvalue weighted by Crippen LogP contribution is 2.18. The molecule has 0 radical (unpaired) electrons. The first kappa shape index (κ1) is 15.5. The summed E-state index contributed by atoms with van der Waals surface area (Å²) >= 11 is 0. The smallest absolute Gasteiger partial charge is 0.308 e. The second kappa shape index (κ2) is 7.12. The second-order valence-corrected chi connectivity index (χ2v) is 5.41. The Balaban J connectivity index is 2.41. The predicted octanol–water partition coefficient (Wildman–Crippen LogP) is 2.61. The predicted molar refractivity (Wildman–Crippen MR) is 74.7 cm³/mol. The van der Waals surface area contributed by atoms with Crippen LogP contribution in [0.3, 0.4) is 0 Å². The van der Waals surface area contributed by atoms with E-state index in [0.29, 0.717) is 13.1 Å². The van der Waals surface area contributed by atoms with Crippen molar-refractivity contribution in [3.05, 3.63) is 23.3 Å². The summed E-state index contributed by atoms with van der Waals surface area (Å²) in [6.07, 6.45) is 6.35. The fourth-order valence-electron chi connectivity index (χ4n) is 2.07. The molecule has 0 spiro atoms. The van der Waals surface area contributed by atoms with Crippen molar-refractivity contribution in [1.29, 1.82) is 0 Å². The minimum absolute atomic E-state index is 0.0549. The van der Waals surface area contributed by atoms with Crippen molar-refractivity contribution in [1.82, 2.24) is 4.90 Å². The number of hydrogen-bond donors (Lipinski definition) is 1. The molecule has 19 heavy (non-hydrogen) atoms. The number of carboxylic acid groups (broad SMARTS) is 1. The van der Waals surface area contributed by atoms with Gasteiger partial charge in [0.25, 0.3) is 0 Å². The van der Waals surface area contributed by atoms with Crippen molar-refractivity contribution in [3.8, 4) is 0 Å². The number of amides is 1. The molecule has 0 bridgehead atoms. The zero-order valence-electron chi connectivity index (χ0n) is 12.0. The molecule has 0 aromatic rings. The average molecular weight is 265 g/mol. The Bertz CT molecular complexity index is 406. The van der Waals surface area contributed by atoms with Gasteiger partial charge in [-0.3, -0.25) is 9.59 Å². The fourth-order valence-corrected chi connectivity index (χ4v) is 2.07. The normalized spacial score (nSPS) is 19.7. The van der Waals surface area contributed by atoms with Gasteiger partial charge >= 0.3 is 5.97 Å². The van der Waals surface area contributed by atoms with Crippen LogP contribution in [0.1, 0.15) is 40.0 Å².